The smallest absolute Gasteiger partial charge is 0.261 e. The first-order chi connectivity index (χ1) is 15.7. The summed E-state index contributed by atoms with van der Waals surface area (Å²) in [5, 5.41) is 7.86. The van der Waals surface area contributed by atoms with E-state index in [1.165, 1.54) is 0 Å². The fourth-order valence-electron chi connectivity index (χ4n) is 4.19. The van der Waals surface area contributed by atoms with Crippen molar-refractivity contribution in [2.45, 2.75) is 45.2 Å². The van der Waals surface area contributed by atoms with E-state index in [0.29, 0.717) is 23.0 Å². The molecule has 0 radical (unpaired) electrons. The molecular formula is C25H25N5O2. The van der Waals surface area contributed by atoms with Crippen molar-refractivity contribution in [3.63, 3.8) is 0 Å². The lowest BCUT2D eigenvalue weighted by molar-refractivity contribution is 0.0951. The minimum absolute atomic E-state index is 0.00724. The van der Waals surface area contributed by atoms with Crippen LogP contribution in [0, 0.1) is 0 Å². The minimum Gasteiger partial charge on any atom is -0.348 e. The Kier molecular flexibility index (Phi) is 5.54. The monoisotopic (exact) mass is 427 g/mol. The molecule has 0 bridgehead atoms. The van der Waals surface area contributed by atoms with Gasteiger partial charge in [0.15, 0.2) is 0 Å². The van der Waals surface area contributed by atoms with Gasteiger partial charge < -0.3 is 5.32 Å². The van der Waals surface area contributed by atoms with Gasteiger partial charge in [-0.05, 0) is 43.2 Å². The highest BCUT2D eigenvalue weighted by Gasteiger charge is 2.15. The van der Waals surface area contributed by atoms with Crippen LogP contribution in [0.15, 0.2) is 65.7 Å². The number of para-hydroxylation sites is 1. The number of hydrogen-bond donors (Lipinski definition) is 1. The van der Waals surface area contributed by atoms with Crippen LogP contribution in [0.5, 0.6) is 0 Å². The fourth-order valence-corrected chi connectivity index (χ4v) is 4.19. The first-order valence-corrected chi connectivity index (χ1v) is 11.1. The van der Waals surface area contributed by atoms with Crippen LogP contribution in [0.1, 0.15) is 47.4 Å². The summed E-state index contributed by atoms with van der Waals surface area (Å²) in [5.74, 6) is 0.626. The lowest BCUT2D eigenvalue weighted by atomic mass is 10.1. The van der Waals surface area contributed by atoms with Crippen molar-refractivity contribution in [3.8, 4) is 5.69 Å². The van der Waals surface area contributed by atoms with Crippen LogP contribution in [0.25, 0.3) is 16.6 Å². The SMILES string of the molecule is O=C(NCc1cnn(-c2ccccc2)c1)c1ccc2c(=O)n3c(nc2c1)CCCCCC3. The van der Waals surface area contributed by atoms with Crippen LogP contribution in [-0.2, 0) is 19.5 Å². The lowest BCUT2D eigenvalue weighted by Crippen LogP contribution is -2.27. The third-order valence-corrected chi connectivity index (χ3v) is 5.94. The normalized spacial score (nSPS) is 13.9. The van der Waals surface area contributed by atoms with Crippen LogP contribution in [0.2, 0.25) is 0 Å². The Labute approximate surface area is 185 Å². The summed E-state index contributed by atoms with van der Waals surface area (Å²) < 4.78 is 3.59. The average molecular weight is 428 g/mol. The van der Waals surface area contributed by atoms with Gasteiger partial charge in [-0.15, -0.1) is 0 Å². The van der Waals surface area contributed by atoms with Crippen LogP contribution in [0.3, 0.4) is 0 Å². The highest BCUT2D eigenvalue weighted by molar-refractivity contribution is 5.97. The van der Waals surface area contributed by atoms with Crippen molar-refractivity contribution in [2.75, 3.05) is 0 Å². The summed E-state index contributed by atoms with van der Waals surface area (Å²) in [4.78, 5) is 30.5. The van der Waals surface area contributed by atoms with E-state index in [-0.39, 0.29) is 11.5 Å². The first-order valence-electron chi connectivity index (χ1n) is 11.1. The van der Waals surface area contributed by atoms with E-state index in [2.05, 4.69) is 10.4 Å². The van der Waals surface area contributed by atoms with Crippen molar-refractivity contribution < 1.29 is 4.79 Å². The van der Waals surface area contributed by atoms with Crippen LogP contribution in [0.4, 0.5) is 0 Å². The number of hydrogen-bond acceptors (Lipinski definition) is 4. The minimum atomic E-state index is -0.201. The van der Waals surface area contributed by atoms with Gasteiger partial charge in [-0.25, -0.2) is 9.67 Å². The summed E-state index contributed by atoms with van der Waals surface area (Å²) in [5.41, 5.74) is 2.95. The maximum Gasteiger partial charge on any atom is 0.261 e. The third kappa shape index (κ3) is 4.06. The molecule has 0 spiro atoms. The van der Waals surface area contributed by atoms with Gasteiger partial charge in [0.2, 0.25) is 0 Å². The molecule has 0 unspecified atom stereocenters. The molecular weight excluding hydrogens is 402 g/mol. The molecule has 7 heteroatoms. The molecule has 0 atom stereocenters. The summed E-state index contributed by atoms with van der Waals surface area (Å²) in [6.45, 7) is 1.08. The zero-order valence-corrected chi connectivity index (χ0v) is 17.8. The van der Waals surface area contributed by atoms with Crippen LogP contribution in [-0.4, -0.2) is 25.2 Å². The van der Waals surface area contributed by atoms with E-state index in [9.17, 15) is 9.59 Å². The predicted molar refractivity (Wildman–Crippen MR) is 123 cm³/mol. The third-order valence-electron chi connectivity index (χ3n) is 5.94. The van der Waals surface area contributed by atoms with Gasteiger partial charge in [0.1, 0.15) is 5.82 Å². The average Bonchev–Trinajstić information content (AvgIpc) is 3.28. The number of fused-ring (bicyclic) bond motifs is 2. The van der Waals surface area contributed by atoms with Crippen molar-refractivity contribution in [1.29, 1.82) is 0 Å². The second-order valence-corrected chi connectivity index (χ2v) is 8.19. The largest absolute Gasteiger partial charge is 0.348 e. The second kappa shape index (κ2) is 8.78. The molecule has 2 aromatic heterocycles. The summed E-state index contributed by atoms with van der Waals surface area (Å²) in [7, 11) is 0. The number of amides is 1. The van der Waals surface area contributed by atoms with Crippen LogP contribution >= 0.6 is 0 Å². The molecule has 1 amide bonds. The molecule has 162 valence electrons. The number of benzene rings is 2. The molecule has 5 rings (SSSR count). The summed E-state index contributed by atoms with van der Waals surface area (Å²) in [6.07, 6.45) is 8.79. The van der Waals surface area contributed by atoms with Crippen molar-refractivity contribution >= 4 is 16.8 Å². The van der Waals surface area contributed by atoms with Gasteiger partial charge in [0, 0.05) is 36.8 Å². The van der Waals surface area contributed by atoms with Crippen molar-refractivity contribution in [3.05, 3.63) is 88.2 Å². The Morgan fingerprint density at radius 3 is 2.75 bits per heavy atom. The second-order valence-electron chi connectivity index (χ2n) is 8.19. The zero-order chi connectivity index (χ0) is 21.9. The molecule has 1 aliphatic rings. The number of nitrogens with one attached hydrogen (secondary N) is 1. The molecule has 4 aromatic rings. The standard InChI is InChI=1S/C25H25N5O2/c31-24(26-15-18-16-27-30(17-18)20-8-4-3-5-9-20)19-11-12-21-22(14-19)28-23-10-6-1-2-7-13-29(23)25(21)32/h3-5,8-9,11-12,14,16-17H,1-2,6-7,10,13,15H2,(H,26,31). The van der Waals surface area contributed by atoms with E-state index in [1.54, 1.807) is 29.1 Å². The van der Waals surface area contributed by atoms with Crippen LogP contribution < -0.4 is 10.9 Å². The molecule has 2 aromatic carbocycles. The summed E-state index contributed by atoms with van der Waals surface area (Å²) in [6, 6.07) is 15.0. The van der Waals surface area contributed by atoms with E-state index in [0.717, 1.165) is 55.7 Å². The Morgan fingerprint density at radius 1 is 1.03 bits per heavy atom. The summed E-state index contributed by atoms with van der Waals surface area (Å²) >= 11 is 0. The maximum atomic E-state index is 13.0. The highest BCUT2D eigenvalue weighted by Crippen LogP contribution is 2.17. The van der Waals surface area contributed by atoms with Crippen molar-refractivity contribution in [1.82, 2.24) is 24.6 Å². The number of aryl methyl sites for hydroxylation is 1. The van der Waals surface area contributed by atoms with Gasteiger partial charge in [-0.3, -0.25) is 14.2 Å². The van der Waals surface area contributed by atoms with Gasteiger partial charge in [0.25, 0.3) is 11.5 Å². The number of carbonyl (C=O) groups excluding carboxylic acids is 1. The Bertz CT molecular complexity index is 1320. The molecule has 0 saturated heterocycles. The van der Waals surface area contributed by atoms with E-state index >= 15 is 0 Å². The Hall–Kier alpha value is -3.74. The van der Waals surface area contributed by atoms with Gasteiger partial charge in [-0.1, -0.05) is 31.0 Å². The molecule has 32 heavy (non-hydrogen) atoms. The van der Waals surface area contributed by atoms with Crippen molar-refractivity contribution in [2.24, 2.45) is 0 Å². The number of nitrogens with zero attached hydrogens (tertiary/aromatic N) is 4. The quantitative estimate of drug-likeness (QED) is 0.539. The van der Waals surface area contributed by atoms with Gasteiger partial charge in [0.05, 0.1) is 22.8 Å². The van der Waals surface area contributed by atoms with E-state index in [4.69, 9.17) is 4.98 Å². The Morgan fingerprint density at radius 2 is 1.88 bits per heavy atom. The zero-order valence-electron chi connectivity index (χ0n) is 17.8. The topological polar surface area (TPSA) is 81.8 Å². The molecule has 0 fully saturated rings. The molecule has 0 aliphatic carbocycles. The molecule has 7 nitrogen and oxygen atoms in total. The lowest BCUT2D eigenvalue weighted by Gasteiger charge is -2.16. The molecule has 1 aliphatic heterocycles. The number of aromatic nitrogens is 4. The molecule has 3 heterocycles. The maximum absolute atomic E-state index is 13.0. The Balaban J connectivity index is 1.34. The van der Waals surface area contributed by atoms with E-state index in [1.807, 2.05) is 41.1 Å². The van der Waals surface area contributed by atoms with Gasteiger partial charge in [-0.2, -0.15) is 5.10 Å². The first kappa shape index (κ1) is 20.2. The molecule has 1 N–H and O–H groups in total. The van der Waals surface area contributed by atoms with Gasteiger partial charge >= 0.3 is 0 Å². The predicted octanol–water partition coefficient (Wildman–Crippen LogP) is 3.63. The fraction of sp³-hybridized carbons (Fsp3) is 0.280. The molecule has 0 saturated carbocycles. The van der Waals surface area contributed by atoms with E-state index < -0.39 is 0 Å². The number of rotatable bonds is 4. The highest BCUT2D eigenvalue weighted by atomic mass is 16.1. The number of carbonyl (C=O) groups is 1.